The highest BCUT2D eigenvalue weighted by atomic mass is 32.2. The molecule has 0 bridgehead atoms. The van der Waals surface area contributed by atoms with Crippen LogP contribution >= 0.6 is 11.8 Å². The highest BCUT2D eigenvalue weighted by Crippen LogP contribution is 2.37. The Morgan fingerprint density at radius 3 is 2.56 bits per heavy atom. The largest absolute Gasteiger partial charge is 0.121 e. The van der Waals surface area contributed by atoms with Crippen molar-refractivity contribution in [3.05, 3.63) is 70.8 Å². The molecule has 2 aromatic carbocycles. The van der Waals surface area contributed by atoms with Gasteiger partial charge < -0.3 is 0 Å². The Labute approximate surface area is 113 Å². The number of fused-ring (bicyclic) bond motifs is 1. The van der Waals surface area contributed by atoms with Crippen LogP contribution in [-0.4, -0.2) is 0 Å². The number of rotatable bonds is 2. The summed E-state index contributed by atoms with van der Waals surface area (Å²) in [6.07, 6.45) is 3.42. The summed E-state index contributed by atoms with van der Waals surface area (Å²) < 4.78 is 0. The average molecular weight is 252 g/mol. The first-order valence-electron chi connectivity index (χ1n) is 6.38. The molecule has 0 aromatic heterocycles. The second kappa shape index (κ2) is 5.03. The Morgan fingerprint density at radius 2 is 1.78 bits per heavy atom. The lowest BCUT2D eigenvalue weighted by Crippen LogP contribution is -1.93. The zero-order valence-electron chi connectivity index (χ0n) is 10.5. The Morgan fingerprint density at radius 1 is 1.00 bits per heavy atom. The molecule has 0 nitrogen and oxygen atoms in total. The van der Waals surface area contributed by atoms with Crippen molar-refractivity contribution in [3.63, 3.8) is 0 Å². The lowest BCUT2D eigenvalue weighted by Gasteiger charge is -2.16. The van der Waals surface area contributed by atoms with E-state index >= 15 is 0 Å². The molecular weight excluding hydrogens is 236 g/mol. The summed E-state index contributed by atoms with van der Waals surface area (Å²) in [5.74, 6) is 1.08. The van der Waals surface area contributed by atoms with Crippen molar-refractivity contribution < 1.29 is 0 Å². The van der Waals surface area contributed by atoms with E-state index in [9.17, 15) is 0 Å². The maximum atomic E-state index is 2.31. The molecule has 0 N–H and O–H groups in total. The monoisotopic (exact) mass is 252 g/mol. The van der Waals surface area contributed by atoms with Gasteiger partial charge in [-0.2, -0.15) is 0 Å². The second-order valence-electron chi connectivity index (χ2n) is 4.55. The second-order valence-corrected chi connectivity index (χ2v) is 5.56. The van der Waals surface area contributed by atoms with Crippen LogP contribution in [0.3, 0.4) is 0 Å². The predicted octanol–water partition coefficient (Wildman–Crippen LogP) is 4.99. The van der Waals surface area contributed by atoms with Crippen molar-refractivity contribution in [1.82, 2.24) is 0 Å². The fourth-order valence-corrected chi connectivity index (χ4v) is 3.30. The van der Waals surface area contributed by atoms with E-state index in [4.69, 9.17) is 0 Å². The molecule has 2 aromatic rings. The zero-order valence-corrected chi connectivity index (χ0v) is 11.3. The van der Waals surface area contributed by atoms with E-state index < -0.39 is 0 Å². The van der Waals surface area contributed by atoms with Gasteiger partial charge in [0, 0.05) is 10.7 Å². The first-order chi connectivity index (χ1) is 8.86. The maximum absolute atomic E-state index is 2.31. The van der Waals surface area contributed by atoms with E-state index in [0.29, 0.717) is 0 Å². The molecule has 1 aliphatic rings. The summed E-state index contributed by atoms with van der Waals surface area (Å²) in [7, 11) is 0. The van der Waals surface area contributed by atoms with Gasteiger partial charge in [-0.15, -0.1) is 11.8 Å². The van der Waals surface area contributed by atoms with E-state index in [-0.39, 0.29) is 0 Å². The summed E-state index contributed by atoms with van der Waals surface area (Å²) >= 11 is 1.93. The van der Waals surface area contributed by atoms with Crippen LogP contribution in [0.4, 0.5) is 0 Å². The fourth-order valence-electron chi connectivity index (χ4n) is 2.22. The Balaban J connectivity index is 1.96. The van der Waals surface area contributed by atoms with E-state index in [1.54, 1.807) is 0 Å². The van der Waals surface area contributed by atoms with Gasteiger partial charge >= 0.3 is 0 Å². The van der Waals surface area contributed by atoms with Crippen molar-refractivity contribution in [2.24, 2.45) is 0 Å². The van der Waals surface area contributed by atoms with Gasteiger partial charge in [0.1, 0.15) is 0 Å². The molecule has 18 heavy (non-hydrogen) atoms. The van der Waals surface area contributed by atoms with E-state index in [1.165, 1.54) is 27.2 Å². The number of aryl methyl sites for hydroxylation is 1. The quantitative estimate of drug-likeness (QED) is 0.725. The Kier molecular flexibility index (Phi) is 3.24. The summed E-state index contributed by atoms with van der Waals surface area (Å²) in [4.78, 5) is 1.39. The van der Waals surface area contributed by atoms with Gasteiger partial charge in [0.2, 0.25) is 0 Å². The van der Waals surface area contributed by atoms with Crippen LogP contribution in [0.25, 0.3) is 11.0 Å². The smallest absolute Gasteiger partial charge is 0.0238 e. The molecular formula is C17H16S. The molecule has 1 heterocycles. The topological polar surface area (TPSA) is 0 Å². The minimum Gasteiger partial charge on any atom is -0.121 e. The highest BCUT2D eigenvalue weighted by Gasteiger charge is 2.11. The molecule has 0 saturated carbocycles. The lowest BCUT2D eigenvalue weighted by molar-refractivity contribution is 1.14. The van der Waals surface area contributed by atoms with Crippen molar-refractivity contribution in [1.29, 1.82) is 0 Å². The van der Waals surface area contributed by atoms with Crippen LogP contribution in [-0.2, 0) is 12.2 Å². The minimum absolute atomic E-state index is 1.08. The lowest BCUT2D eigenvalue weighted by atomic mass is 10.0. The van der Waals surface area contributed by atoms with Crippen LogP contribution in [0, 0.1) is 0 Å². The molecule has 0 aliphatic carbocycles. The molecule has 90 valence electrons. The maximum Gasteiger partial charge on any atom is 0.0238 e. The van der Waals surface area contributed by atoms with Gasteiger partial charge in [0.15, 0.2) is 0 Å². The van der Waals surface area contributed by atoms with E-state index in [2.05, 4.69) is 61.5 Å². The SMILES string of the molecule is CCc1ccc(C2=Cc3ccccc3CS2)cc1. The fraction of sp³-hybridized carbons (Fsp3) is 0.176. The molecule has 1 aliphatic heterocycles. The summed E-state index contributed by atoms with van der Waals surface area (Å²) in [6.45, 7) is 2.19. The molecule has 0 fully saturated rings. The molecule has 0 radical (unpaired) electrons. The normalized spacial score (nSPS) is 13.9. The summed E-state index contributed by atoms with van der Waals surface area (Å²) in [6, 6.07) is 17.6. The minimum atomic E-state index is 1.08. The van der Waals surface area contributed by atoms with Crippen molar-refractivity contribution in [3.8, 4) is 0 Å². The number of hydrogen-bond donors (Lipinski definition) is 0. The highest BCUT2D eigenvalue weighted by molar-refractivity contribution is 8.07. The van der Waals surface area contributed by atoms with Gasteiger partial charge in [-0.05, 0) is 34.8 Å². The molecule has 3 rings (SSSR count). The third-order valence-corrected chi connectivity index (χ3v) is 4.49. The van der Waals surface area contributed by atoms with Gasteiger partial charge in [0.25, 0.3) is 0 Å². The van der Waals surface area contributed by atoms with Crippen molar-refractivity contribution in [2.45, 2.75) is 19.1 Å². The van der Waals surface area contributed by atoms with Gasteiger partial charge in [-0.25, -0.2) is 0 Å². The van der Waals surface area contributed by atoms with Crippen LogP contribution in [0.1, 0.15) is 29.2 Å². The van der Waals surface area contributed by atoms with Gasteiger partial charge in [-0.1, -0.05) is 55.5 Å². The Bertz CT molecular complexity index is 579. The molecule has 0 atom stereocenters. The number of hydrogen-bond acceptors (Lipinski definition) is 1. The summed E-state index contributed by atoms with van der Waals surface area (Å²) in [5.41, 5.74) is 5.55. The predicted molar refractivity (Wildman–Crippen MR) is 81.4 cm³/mol. The first-order valence-corrected chi connectivity index (χ1v) is 7.37. The van der Waals surface area contributed by atoms with Crippen molar-refractivity contribution in [2.75, 3.05) is 0 Å². The third-order valence-electron chi connectivity index (χ3n) is 3.37. The zero-order chi connectivity index (χ0) is 12.4. The third kappa shape index (κ3) is 2.23. The van der Waals surface area contributed by atoms with E-state index in [0.717, 1.165) is 12.2 Å². The molecule has 1 heteroatoms. The van der Waals surface area contributed by atoms with Crippen molar-refractivity contribution >= 4 is 22.7 Å². The molecule has 0 spiro atoms. The van der Waals surface area contributed by atoms with E-state index in [1.807, 2.05) is 11.8 Å². The van der Waals surface area contributed by atoms with Crippen LogP contribution in [0.2, 0.25) is 0 Å². The van der Waals surface area contributed by atoms with Gasteiger partial charge in [0.05, 0.1) is 0 Å². The van der Waals surface area contributed by atoms with Gasteiger partial charge in [-0.3, -0.25) is 0 Å². The summed E-state index contributed by atoms with van der Waals surface area (Å²) in [5, 5.41) is 0. The number of benzene rings is 2. The molecule has 0 saturated heterocycles. The Hall–Kier alpha value is -1.47. The van der Waals surface area contributed by atoms with Crippen LogP contribution < -0.4 is 0 Å². The standard InChI is InChI=1S/C17H16S/c1-2-13-7-9-14(10-8-13)17-11-15-5-3-4-6-16(15)12-18-17/h3-11H,2,12H2,1H3. The van der Waals surface area contributed by atoms with Crippen LogP contribution in [0.5, 0.6) is 0 Å². The average Bonchev–Trinajstić information content (AvgIpc) is 2.47. The van der Waals surface area contributed by atoms with Crippen LogP contribution in [0.15, 0.2) is 48.5 Å². The first kappa shape index (κ1) is 11.6. The number of thioether (sulfide) groups is 1. The molecule has 0 amide bonds. The molecule has 0 unspecified atom stereocenters.